The molecule has 4 heteroatoms. The molecule has 1 amide bonds. The Morgan fingerprint density at radius 2 is 2.50 bits per heavy atom. The highest BCUT2D eigenvalue weighted by Gasteiger charge is 2.20. The monoisotopic (exact) mass is 182 g/mol. The van der Waals surface area contributed by atoms with Gasteiger partial charge in [-0.15, -0.1) is 11.6 Å². The standard InChI is InChI=1S/C8H7ClN2O/c9-4-5-1-2-10-8-6(5)3-7(12)11-8/h1-2H,3-4H2,(H,10,11,12). The molecule has 1 aliphatic heterocycles. The number of anilines is 1. The molecule has 0 unspecified atom stereocenters. The molecule has 0 aromatic carbocycles. The van der Waals surface area contributed by atoms with Crippen LogP contribution in [0.3, 0.4) is 0 Å². The average molecular weight is 183 g/mol. The zero-order chi connectivity index (χ0) is 8.55. The van der Waals surface area contributed by atoms with Gasteiger partial charge in [-0.05, 0) is 11.6 Å². The molecule has 0 atom stereocenters. The molecule has 0 fully saturated rings. The highest BCUT2D eigenvalue weighted by Crippen LogP contribution is 2.24. The minimum atomic E-state index is -0.00457. The van der Waals surface area contributed by atoms with Gasteiger partial charge in [-0.25, -0.2) is 4.98 Å². The number of halogens is 1. The molecule has 0 radical (unpaired) electrons. The van der Waals surface area contributed by atoms with E-state index in [1.54, 1.807) is 6.20 Å². The maximum absolute atomic E-state index is 11.0. The molecule has 0 saturated carbocycles. The largest absolute Gasteiger partial charge is 0.310 e. The van der Waals surface area contributed by atoms with Gasteiger partial charge in [0.2, 0.25) is 5.91 Å². The maximum Gasteiger partial charge on any atom is 0.230 e. The van der Waals surface area contributed by atoms with E-state index in [4.69, 9.17) is 11.6 Å². The fourth-order valence-corrected chi connectivity index (χ4v) is 1.55. The van der Waals surface area contributed by atoms with E-state index in [-0.39, 0.29) is 5.91 Å². The van der Waals surface area contributed by atoms with E-state index in [2.05, 4.69) is 10.3 Å². The lowest BCUT2D eigenvalue weighted by atomic mass is 10.1. The molecule has 2 rings (SSSR count). The average Bonchev–Trinajstić information content (AvgIpc) is 2.44. The molecular formula is C8H7ClN2O. The van der Waals surface area contributed by atoms with Gasteiger partial charge in [0.15, 0.2) is 0 Å². The van der Waals surface area contributed by atoms with Gasteiger partial charge in [-0.1, -0.05) is 0 Å². The van der Waals surface area contributed by atoms with E-state index >= 15 is 0 Å². The van der Waals surface area contributed by atoms with E-state index in [9.17, 15) is 4.79 Å². The molecule has 0 spiro atoms. The van der Waals surface area contributed by atoms with Crippen molar-refractivity contribution >= 4 is 23.3 Å². The van der Waals surface area contributed by atoms with Crippen LogP contribution in [0, 0.1) is 0 Å². The van der Waals surface area contributed by atoms with Crippen molar-refractivity contribution in [3.8, 4) is 0 Å². The molecule has 0 bridgehead atoms. The van der Waals surface area contributed by atoms with Gasteiger partial charge >= 0.3 is 0 Å². The van der Waals surface area contributed by atoms with Gasteiger partial charge in [0, 0.05) is 17.6 Å². The van der Waals surface area contributed by atoms with E-state index in [0.717, 1.165) is 11.1 Å². The van der Waals surface area contributed by atoms with Crippen LogP contribution < -0.4 is 5.32 Å². The lowest BCUT2D eigenvalue weighted by Gasteiger charge is -2.00. The van der Waals surface area contributed by atoms with Crippen molar-refractivity contribution < 1.29 is 4.79 Å². The number of nitrogens with one attached hydrogen (secondary N) is 1. The Morgan fingerprint density at radius 1 is 1.67 bits per heavy atom. The van der Waals surface area contributed by atoms with Crippen molar-refractivity contribution in [1.82, 2.24) is 4.98 Å². The number of fused-ring (bicyclic) bond motifs is 1. The van der Waals surface area contributed by atoms with E-state index in [0.29, 0.717) is 18.1 Å². The van der Waals surface area contributed by atoms with Gasteiger partial charge < -0.3 is 5.32 Å². The zero-order valence-electron chi connectivity index (χ0n) is 6.30. The molecule has 62 valence electrons. The molecule has 1 aromatic heterocycles. The minimum Gasteiger partial charge on any atom is -0.310 e. The van der Waals surface area contributed by atoms with E-state index in [1.165, 1.54) is 0 Å². The second kappa shape index (κ2) is 2.75. The summed E-state index contributed by atoms with van der Waals surface area (Å²) in [4.78, 5) is 15.0. The Morgan fingerprint density at radius 3 is 3.25 bits per heavy atom. The van der Waals surface area contributed by atoms with Crippen molar-refractivity contribution in [3.63, 3.8) is 0 Å². The summed E-state index contributed by atoms with van der Waals surface area (Å²) in [5.74, 6) is 1.09. The molecule has 12 heavy (non-hydrogen) atoms. The summed E-state index contributed by atoms with van der Waals surface area (Å²) in [6, 6.07) is 1.84. The van der Waals surface area contributed by atoms with Crippen LogP contribution in [0.25, 0.3) is 0 Å². The van der Waals surface area contributed by atoms with Crippen LogP contribution in [0.5, 0.6) is 0 Å². The Balaban J connectivity index is 2.51. The second-order valence-corrected chi connectivity index (χ2v) is 2.92. The summed E-state index contributed by atoms with van der Waals surface area (Å²) >= 11 is 5.69. The summed E-state index contributed by atoms with van der Waals surface area (Å²) in [7, 11) is 0. The number of aromatic nitrogens is 1. The van der Waals surface area contributed by atoms with Gasteiger partial charge in [-0.3, -0.25) is 4.79 Å². The topological polar surface area (TPSA) is 42.0 Å². The fraction of sp³-hybridized carbons (Fsp3) is 0.250. The third kappa shape index (κ3) is 1.06. The van der Waals surface area contributed by atoms with Crippen LogP contribution in [-0.2, 0) is 17.1 Å². The van der Waals surface area contributed by atoms with Gasteiger partial charge in [0.25, 0.3) is 0 Å². The predicted molar refractivity (Wildman–Crippen MR) is 46.1 cm³/mol. The third-order valence-electron chi connectivity index (χ3n) is 1.89. The summed E-state index contributed by atoms with van der Waals surface area (Å²) in [6.45, 7) is 0. The van der Waals surface area contributed by atoms with Crippen LogP contribution in [0.4, 0.5) is 5.82 Å². The predicted octanol–water partition coefficient (Wildman–Crippen LogP) is 1.31. The van der Waals surface area contributed by atoms with Crippen LogP contribution >= 0.6 is 11.6 Å². The first kappa shape index (κ1) is 7.55. The van der Waals surface area contributed by atoms with Crippen molar-refractivity contribution in [3.05, 3.63) is 23.4 Å². The normalized spacial score (nSPS) is 14.2. The van der Waals surface area contributed by atoms with Crippen molar-refractivity contribution in [2.24, 2.45) is 0 Å². The van der Waals surface area contributed by atoms with Crippen molar-refractivity contribution in [1.29, 1.82) is 0 Å². The molecule has 1 aromatic rings. The van der Waals surface area contributed by atoms with Gasteiger partial charge in [0.1, 0.15) is 5.82 Å². The minimum absolute atomic E-state index is 0.00457. The molecule has 0 saturated heterocycles. The summed E-state index contributed by atoms with van der Waals surface area (Å²) < 4.78 is 0. The van der Waals surface area contributed by atoms with Crippen LogP contribution in [0.1, 0.15) is 11.1 Å². The fourth-order valence-electron chi connectivity index (χ4n) is 1.30. The second-order valence-electron chi connectivity index (χ2n) is 2.66. The number of carbonyl (C=O) groups is 1. The summed E-state index contributed by atoms with van der Waals surface area (Å²) in [5.41, 5.74) is 1.93. The summed E-state index contributed by atoms with van der Waals surface area (Å²) in [5, 5.41) is 2.66. The highest BCUT2D eigenvalue weighted by atomic mass is 35.5. The number of carbonyl (C=O) groups excluding carboxylic acids is 1. The number of alkyl halides is 1. The molecule has 1 N–H and O–H groups in total. The molecule has 3 nitrogen and oxygen atoms in total. The molecule has 1 aliphatic rings. The smallest absolute Gasteiger partial charge is 0.230 e. The Bertz CT molecular complexity index is 338. The lowest BCUT2D eigenvalue weighted by molar-refractivity contribution is -0.115. The van der Waals surface area contributed by atoms with Crippen LogP contribution in [-0.4, -0.2) is 10.9 Å². The first-order chi connectivity index (χ1) is 5.81. The quantitative estimate of drug-likeness (QED) is 0.666. The molecule has 0 aliphatic carbocycles. The maximum atomic E-state index is 11.0. The Labute approximate surface area is 74.8 Å². The Hall–Kier alpha value is -1.09. The van der Waals surface area contributed by atoms with Gasteiger partial charge in [0.05, 0.1) is 6.42 Å². The highest BCUT2D eigenvalue weighted by molar-refractivity contribution is 6.17. The number of hydrogen-bond acceptors (Lipinski definition) is 2. The number of rotatable bonds is 1. The first-order valence-electron chi connectivity index (χ1n) is 3.64. The first-order valence-corrected chi connectivity index (χ1v) is 4.17. The van der Waals surface area contributed by atoms with E-state index in [1.807, 2.05) is 6.07 Å². The van der Waals surface area contributed by atoms with Crippen LogP contribution in [0.2, 0.25) is 0 Å². The molecule has 2 heterocycles. The number of nitrogens with zero attached hydrogens (tertiary/aromatic N) is 1. The van der Waals surface area contributed by atoms with E-state index < -0.39 is 0 Å². The number of pyridine rings is 1. The number of amides is 1. The molecular weight excluding hydrogens is 176 g/mol. The van der Waals surface area contributed by atoms with Crippen LogP contribution in [0.15, 0.2) is 12.3 Å². The van der Waals surface area contributed by atoms with Crippen molar-refractivity contribution in [2.45, 2.75) is 12.3 Å². The van der Waals surface area contributed by atoms with Crippen molar-refractivity contribution in [2.75, 3.05) is 5.32 Å². The SMILES string of the molecule is O=C1Cc2c(CCl)ccnc2N1. The zero-order valence-corrected chi connectivity index (χ0v) is 7.06. The summed E-state index contributed by atoms with van der Waals surface area (Å²) in [6.07, 6.45) is 2.06. The van der Waals surface area contributed by atoms with Gasteiger partial charge in [-0.2, -0.15) is 0 Å². The third-order valence-corrected chi connectivity index (χ3v) is 2.18. The lowest BCUT2D eigenvalue weighted by Crippen LogP contribution is -2.04. The number of hydrogen-bond donors (Lipinski definition) is 1. The Kier molecular flexibility index (Phi) is 1.73.